The van der Waals surface area contributed by atoms with Crippen LogP contribution in [0.3, 0.4) is 0 Å². The molecule has 1 N–H and O–H groups in total. The largest absolute Gasteiger partial charge is 0.310 e. The van der Waals surface area contributed by atoms with Crippen LogP contribution in [-0.4, -0.2) is 11.5 Å². The molecular weight excluding hydrogens is 256 g/mol. The Morgan fingerprint density at radius 2 is 1.76 bits per heavy atom. The van der Waals surface area contributed by atoms with Crippen molar-refractivity contribution in [1.82, 2.24) is 10.3 Å². The van der Waals surface area contributed by atoms with Crippen molar-refractivity contribution in [2.45, 2.75) is 19.9 Å². The molecule has 0 aliphatic rings. The van der Waals surface area contributed by atoms with Crippen molar-refractivity contribution in [3.63, 3.8) is 0 Å². The third-order valence-corrected chi connectivity index (χ3v) is 3.86. The number of rotatable bonds is 4. The lowest BCUT2D eigenvalue weighted by atomic mass is 9.99. The van der Waals surface area contributed by atoms with E-state index in [0.717, 1.165) is 12.1 Å². The van der Waals surface area contributed by atoms with Crippen molar-refractivity contribution < 1.29 is 0 Å². The summed E-state index contributed by atoms with van der Waals surface area (Å²) in [5.41, 5.74) is 4.78. The second-order valence-electron chi connectivity index (χ2n) is 5.28. The number of hydrogen-bond donors (Lipinski definition) is 1. The van der Waals surface area contributed by atoms with Gasteiger partial charge in [-0.3, -0.25) is 4.98 Å². The summed E-state index contributed by atoms with van der Waals surface area (Å²) in [5.74, 6) is 0. The third-order valence-electron chi connectivity index (χ3n) is 3.86. The molecule has 0 spiro atoms. The summed E-state index contributed by atoms with van der Waals surface area (Å²) in [6, 6.07) is 19.6. The average Bonchev–Trinajstić information content (AvgIpc) is 2.55. The van der Waals surface area contributed by atoms with E-state index in [4.69, 9.17) is 0 Å². The summed E-state index contributed by atoms with van der Waals surface area (Å²) < 4.78 is 0. The number of aromatic nitrogens is 1. The molecule has 0 amide bonds. The van der Waals surface area contributed by atoms with Crippen LogP contribution in [0.5, 0.6) is 0 Å². The molecule has 2 heteroatoms. The minimum absolute atomic E-state index is 0.384. The fourth-order valence-electron chi connectivity index (χ4n) is 2.71. The van der Waals surface area contributed by atoms with E-state index in [-0.39, 0.29) is 0 Å². The van der Waals surface area contributed by atoms with Gasteiger partial charge in [-0.05, 0) is 30.7 Å². The number of pyridine rings is 1. The molecule has 1 heterocycles. The number of benzene rings is 2. The topological polar surface area (TPSA) is 24.9 Å². The zero-order valence-corrected chi connectivity index (χ0v) is 12.5. The third kappa shape index (κ3) is 2.81. The van der Waals surface area contributed by atoms with Gasteiger partial charge >= 0.3 is 0 Å². The highest BCUT2D eigenvalue weighted by Crippen LogP contribution is 2.27. The molecule has 1 atom stereocenters. The van der Waals surface area contributed by atoms with Gasteiger partial charge in [0.1, 0.15) is 0 Å². The lowest BCUT2D eigenvalue weighted by molar-refractivity contribution is 0.598. The molecule has 0 fully saturated rings. The summed E-state index contributed by atoms with van der Waals surface area (Å²) in [6.07, 6.45) is 1.85. The van der Waals surface area contributed by atoms with Crippen LogP contribution in [0, 0.1) is 0 Å². The maximum atomic E-state index is 4.53. The molecule has 0 bridgehead atoms. The summed E-state index contributed by atoms with van der Waals surface area (Å²) in [5, 5.41) is 4.62. The molecule has 1 aromatic heterocycles. The average molecular weight is 276 g/mol. The van der Waals surface area contributed by atoms with Crippen molar-refractivity contribution >= 4 is 10.9 Å². The first-order chi connectivity index (χ1) is 10.3. The maximum absolute atomic E-state index is 4.53. The SMILES string of the molecule is CCNC(C)c1ccc(-c2cccc3cccnc23)cc1. The smallest absolute Gasteiger partial charge is 0.0780 e. The molecule has 0 radical (unpaired) electrons. The Hall–Kier alpha value is -2.19. The monoisotopic (exact) mass is 276 g/mol. The van der Waals surface area contributed by atoms with Crippen molar-refractivity contribution in [2.24, 2.45) is 0 Å². The second-order valence-corrected chi connectivity index (χ2v) is 5.28. The van der Waals surface area contributed by atoms with Crippen LogP contribution >= 0.6 is 0 Å². The van der Waals surface area contributed by atoms with Crippen molar-refractivity contribution in [3.8, 4) is 11.1 Å². The molecule has 3 rings (SSSR count). The van der Waals surface area contributed by atoms with Crippen molar-refractivity contribution in [1.29, 1.82) is 0 Å². The lowest BCUT2D eigenvalue weighted by Gasteiger charge is -2.13. The molecule has 0 aliphatic carbocycles. The van der Waals surface area contributed by atoms with Gasteiger partial charge in [0.15, 0.2) is 0 Å². The summed E-state index contributed by atoms with van der Waals surface area (Å²) >= 11 is 0. The van der Waals surface area contributed by atoms with Crippen LogP contribution in [0.1, 0.15) is 25.5 Å². The summed E-state index contributed by atoms with van der Waals surface area (Å²) in [6.45, 7) is 5.31. The first-order valence-electron chi connectivity index (χ1n) is 7.47. The van der Waals surface area contributed by atoms with Gasteiger partial charge in [0.2, 0.25) is 0 Å². The van der Waals surface area contributed by atoms with E-state index >= 15 is 0 Å². The molecular formula is C19H20N2. The van der Waals surface area contributed by atoms with Gasteiger partial charge in [-0.1, -0.05) is 55.5 Å². The van der Waals surface area contributed by atoms with Gasteiger partial charge in [-0.25, -0.2) is 0 Å². The highest BCUT2D eigenvalue weighted by molar-refractivity contribution is 5.93. The minimum atomic E-state index is 0.384. The van der Waals surface area contributed by atoms with Gasteiger partial charge in [0.05, 0.1) is 5.52 Å². The van der Waals surface area contributed by atoms with Crippen LogP contribution in [-0.2, 0) is 0 Å². The summed E-state index contributed by atoms with van der Waals surface area (Å²) in [7, 11) is 0. The van der Waals surface area contributed by atoms with E-state index in [1.54, 1.807) is 0 Å². The number of hydrogen-bond acceptors (Lipinski definition) is 2. The van der Waals surface area contributed by atoms with E-state index in [0.29, 0.717) is 6.04 Å². The highest BCUT2D eigenvalue weighted by Gasteiger charge is 2.07. The Bertz CT molecular complexity index is 727. The quantitative estimate of drug-likeness (QED) is 0.755. The zero-order valence-electron chi connectivity index (χ0n) is 12.5. The number of nitrogens with zero attached hydrogens (tertiary/aromatic N) is 1. The fourth-order valence-corrected chi connectivity index (χ4v) is 2.71. The first-order valence-corrected chi connectivity index (χ1v) is 7.47. The van der Waals surface area contributed by atoms with Crippen molar-refractivity contribution in [3.05, 3.63) is 66.4 Å². The molecule has 0 aliphatic heterocycles. The van der Waals surface area contributed by atoms with E-state index in [2.05, 4.69) is 72.7 Å². The van der Waals surface area contributed by atoms with Gasteiger partial charge < -0.3 is 5.32 Å². The van der Waals surface area contributed by atoms with Crippen LogP contribution in [0.2, 0.25) is 0 Å². The molecule has 106 valence electrons. The van der Waals surface area contributed by atoms with Crippen LogP contribution in [0.15, 0.2) is 60.8 Å². The summed E-state index contributed by atoms with van der Waals surface area (Å²) in [4.78, 5) is 4.53. The zero-order chi connectivity index (χ0) is 14.7. The first kappa shape index (κ1) is 13.8. The Kier molecular flexibility index (Phi) is 3.98. The predicted molar refractivity (Wildman–Crippen MR) is 89.3 cm³/mol. The predicted octanol–water partition coefficient (Wildman–Crippen LogP) is 4.57. The molecule has 2 nitrogen and oxygen atoms in total. The van der Waals surface area contributed by atoms with Crippen molar-refractivity contribution in [2.75, 3.05) is 6.54 Å². The highest BCUT2D eigenvalue weighted by atomic mass is 14.9. The van der Waals surface area contributed by atoms with E-state index < -0.39 is 0 Å². The standard InChI is InChI=1S/C19H20N2/c1-3-20-14(2)15-9-11-16(12-10-15)18-8-4-6-17-7-5-13-21-19(17)18/h4-14,20H,3H2,1-2H3. The van der Waals surface area contributed by atoms with Crippen LogP contribution in [0.4, 0.5) is 0 Å². The molecule has 0 saturated carbocycles. The normalized spacial score (nSPS) is 12.5. The van der Waals surface area contributed by atoms with E-state index in [1.807, 2.05) is 12.3 Å². The Labute approximate surface area is 125 Å². The minimum Gasteiger partial charge on any atom is -0.310 e. The molecule has 0 saturated heterocycles. The van der Waals surface area contributed by atoms with E-state index in [9.17, 15) is 0 Å². The number of fused-ring (bicyclic) bond motifs is 1. The molecule has 2 aromatic carbocycles. The van der Waals surface area contributed by atoms with Crippen LogP contribution < -0.4 is 5.32 Å². The Morgan fingerprint density at radius 3 is 2.52 bits per heavy atom. The number of nitrogens with one attached hydrogen (secondary N) is 1. The van der Waals surface area contributed by atoms with Gasteiger partial charge in [0.25, 0.3) is 0 Å². The lowest BCUT2D eigenvalue weighted by Crippen LogP contribution is -2.17. The Morgan fingerprint density at radius 1 is 1.00 bits per heavy atom. The van der Waals surface area contributed by atoms with Gasteiger partial charge in [-0.2, -0.15) is 0 Å². The van der Waals surface area contributed by atoms with Crippen LogP contribution in [0.25, 0.3) is 22.0 Å². The molecule has 1 unspecified atom stereocenters. The van der Waals surface area contributed by atoms with E-state index in [1.165, 1.54) is 22.1 Å². The fraction of sp³-hybridized carbons (Fsp3) is 0.211. The van der Waals surface area contributed by atoms with Gasteiger partial charge in [0, 0.05) is 23.2 Å². The van der Waals surface area contributed by atoms with Gasteiger partial charge in [-0.15, -0.1) is 0 Å². The molecule has 3 aromatic rings. The maximum Gasteiger partial charge on any atom is 0.0780 e. The second kappa shape index (κ2) is 6.06. The molecule has 21 heavy (non-hydrogen) atoms. The number of para-hydroxylation sites is 1. The Balaban J connectivity index is 2.00.